The number of thioether (sulfide) groups is 1. The van der Waals surface area contributed by atoms with E-state index in [2.05, 4.69) is 48.6 Å². The lowest BCUT2D eigenvalue weighted by atomic mass is 9.88. The fourth-order valence-electron chi connectivity index (χ4n) is 3.00. The van der Waals surface area contributed by atoms with Gasteiger partial charge in [-0.3, -0.25) is 4.79 Å². The van der Waals surface area contributed by atoms with Gasteiger partial charge in [0.15, 0.2) is 0 Å². The lowest BCUT2D eigenvalue weighted by molar-refractivity contribution is -0.119. The van der Waals surface area contributed by atoms with Crippen molar-refractivity contribution in [1.29, 1.82) is 0 Å². The molecule has 0 aliphatic heterocycles. The van der Waals surface area contributed by atoms with Crippen LogP contribution in [0.1, 0.15) is 35.6 Å². The average Bonchev–Trinajstić information content (AvgIpc) is 2.54. The van der Waals surface area contributed by atoms with Crippen LogP contribution < -0.4 is 5.32 Å². The van der Waals surface area contributed by atoms with Gasteiger partial charge in [0.1, 0.15) is 0 Å². The number of nitrogens with one attached hydrogen (secondary N) is 1. The van der Waals surface area contributed by atoms with Crippen molar-refractivity contribution in [3.05, 3.63) is 65.2 Å². The zero-order chi connectivity index (χ0) is 15.4. The molecular weight excluding hydrogens is 290 g/mol. The summed E-state index contributed by atoms with van der Waals surface area (Å²) in [5, 5.41) is 3.20. The third kappa shape index (κ3) is 3.53. The Balaban J connectivity index is 1.60. The highest BCUT2D eigenvalue weighted by molar-refractivity contribution is 8.00. The molecule has 0 unspecified atom stereocenters. The van der Waals surface area contributed by atoms with Crippen molar-refractivity contribution >= 4 is 17.7 Å². The zero-order valence-electron chi connectivity index (χ0n) is 12.8. The normalized spacial score (nSPS) is 16.9. The fourth-order valence-corrected chi connectivity index (χ4v) is 3.84. The van der Waals surface area contributed by atoms with Crippen molar-refractivity contribution in [2.24, 2.45) is 0 Å². The summed E-state index contributed by atoms with van der Waals surface area (Å²) >= 11 is 1.61. The second kappa shape index (κ2) is 7.01. The number of hydrogen-bond acceptors (Lipinski definition) is 2. The molecule has 0 saturated carbocycles. The van der Waals surface area contributed by atoms with Gasteiger partial charge in [0, 0.05) is 4.90 Å². The summed E-state index contributed by atoms with van der Waals surface area (Å²) in [4.78, 5) is 13.5. The number of benzene rings is 2. The molecule has 0 saturated heterocycles. The second-order valence-electron chi connectivity index (χ2n) is 5.77. The topological polar surface area (TPSA) is 29.1 Å². The van der Waals surface area contributed by atoms with Gasteiger partial charge in [-0.25, -0.2) is 0 Å². The predicted molar refractivity (Wildman–Crippen MR) is 92.2 cm³/mol. The summed E-state index contributed by atoms with van der Waals surface area (Å²) in [7, 11) is 0. The van der Waals surface area contributed by atoms with Gasteiger partial charge in [-0.05, 0) is 48.9 Å². The van der Waals surface area contributed by atoms with Crippen LogP contribution in [-0.4, -0.2) is 11.7 Å². The highest BCUT2D eigenvalue weighted by atomic mass is 32.2. The number of amides is 1. The highest BCUT2D eigenvalue weighted by Gasteiger charge is 2.21. The van der Waals surface area contributed by atoms with Crippen LogP contribution in [0.25, 0.3) is 0 Å². The van der Waals surface area contributed by atoms with E-state index in [-0.39, 0.29) is 11.9 Å². The first kappa shape index (κ1) is 15.2. The van der Waals surface area contributed by atoms with Crippen molar-refractivity contribution in [3.63, 3.8) is 0 Å². The van der Waals surface area contributed by atoms with Crippen molar-refractivity contribution in [2.75, 3.05) is 5.75 Å². The van der Waals surface area contributed by atoms with E-state index >= 15 is 0 Å². The van der Waals surface area contributed by atoms with E-state index in [1.807, 2.05) is 12.1 Å². The molecule has 2 nitrogen and oxygen atoms in total. The summed E-state index contributed by atoms with van der Waals surface area (Å²) in [5.74, 6) is 0.596. The van der Waals surface area contributed by atoms with E-state index in [9.17, 15) is 4.79 Å². The Labute approximate surface area is 136 Å². The maximum atomic E-state index is 12.3. The van der Waals surface area contributed by atoms with Gasteiger partial charge in [0.05, 0.1) is 11.8 Å². The van der Waals surface area contributed by atoms with Gasteiger partial charge >= 0.3 is 0 Å². The zero-order valence-corrected chi connectivity index (χ0v) is 13.7. The number of carbonyl (C=O) groups is 1. The van der Waals surface area contributed by atoms with E-state index in [0.717, 1.165) is 19.3 Å². The first-order valence-electron chi connectivity index (χ1n) is 7.79. The van der Waals surface area contributed by atoms with Crippen LogP contribution in [0.2, 0.25) is 0 Å². The molecule has 1 N–H and O–H groups in total. The Morgan fingerprint density at radius 3 is 2.82 bits per heavy atom. The van der Waals surface area contributed by atoms with Crippen molar-refractivity contribution < 1.29 is 4.79 Å². The molecule has 22 heavy (non-hydrogen) atoms. The minimum absolute atomic E-state index is 0.120. The van der Waals surface area contributed by atoms with Gasteiger partial charge in [0.25, 0.3) is 0 Å². The maximum Gasteiger partial charge on any atom is 0.230 e. The first-order chi connectivity index (χ1) is 10.7. The quantitative estimate of drug-likeness (QED) is 0.854. The van der Waals surface area contributed by atoms with Crippen LogP contribution >= 0.6 is 11.8 Å². The molecule has 2 aromatic rings. The van der Waals surface area contributed by atoms with Crippen LogP contribution in [-0.2, 0) is 11.2 Å². The average molecular weight is 311 g/mol. The number of fused-ring (bicyclic) bond motifs is 1. The molecule has 1 amide bonds. The van der Waals surface area contributed by atoms with Crippen LogP contribution in [0.5, 0.6) is 0 Å². The molecule has 0 heterocycles. The number of carbonyl (C=O) groups excluding carboxylic acids is 1. The molecule has 0 spiro atoms. The summed E-state index contributed by atoms with van der Waals surface area (Å²) < 4.78 is 0. The molecule has 0 radical (unpaired) electrons. The first-order valence-corrected chi connectivity index (χ1v) is 8.78. The maximum absolute atomic E-state index is 12.3. The Kier molecular flexibility index (Phi) is 4.84. The molecule has 1 atom stereocenters. The summed E-state index contributed by atoms with van der Waals surface area (Å²) in [6.07, 6.45) is 3.31. The molecule has 0 bridgehead atoms. The summed E-state index contributed by atoms with van der Waals surface area (Å²) in [5.41, 5.74) is 3.90. The van der Waals surface area contributed by atoms with Gasteiger partial charge in [-0.15, -0.1) is 11.8 Å². The monoisotopic (exact) mass is 311 g/mol. The fraction of sp³-hybridized carbons (Fsp3) is 0.316. The van der Waals surface area contributed by atoms with Crippen molar-refractivity contribution in [2.45, 2.75) is 37.1 Å². The van der Waals surface area contributed by atoms with Gasteiger partial charge in [-0.2, -0.15) is 0 Å². The van der Waals surface area contributed by atoms with E-state index in [0.29, 0.717) is 5.75 Å². The molecule has 3 rings (SSSR count). The minimum Gasteiger partial charge on any atom is -0.349 e. The molecular formula is C19H21NOS. The van der Waals surface area contributed by atoms with Crippen LogP contribution in [0.4, 0.5) is 0 Å². The van der Waals surface area contributed by atoms with Crippen molar-refractivity contribution in [1.82, 2.24) is 5.32 Å². The van der Waals surface area contributed by atoms with Gasteiger partial charge < -0.3 is 5.32 Å². The third-order valence-electron chi connectivity index (χ3n) is 4.16. The predicted octanol–water partition coefficient (Wildman–Crippen LogP) is 4.28. The molecule has 0 aromatic heterocycles. The Hall–Kier alpha value is -1.74. The summed E-state index contributed by atoms with van der Waals surface area (Å²) in [6.45, 7) is 2.08. The van der Waals surface area contributed by atoms with Gasteiger partial charge in [0.2, 0.25) is 5.91 Å². The van der Waals surface area contributed by atoms with E-state index < -0.39 is 0 Å². The Morgan fingerprint density at radius 1 is 1.18 bits per heavy atom. The number of hydrogen-bond donors (Lipinski definition) is 1. The third-order valence-corrected chi connectivity index (χ3v) is 5.33. The summed E-state index contributed by atoms with van der Waals surface area (Å²) in [6, 6.07) is 16.8. The number of rotatable bonds is 4. The van der Waals surface area contributed by atoms with E-state index in [1.54, 1.807) is 11.8 Å². The molecule has 1 aliphatic carbocycles. The lowest BCUT2D eigenvalue weighted by Gasteiger charge is -2.26. The molecule has 0 fully saturated rings. The SMILES string of the molecule is Cc1ccccc1SCC(=O)N[C@@H]1CCCc2ccccc21. The van der Waals surface area contributed by atoms with Crippen LogP contribution in [0.15, 0.2) is 53.4 Å². The molecule has 3 heteroatoms. The van der Waals surface area contributed by atoms with Crippen LogP contribution in [0.3, 0.4) is 0 Å². The van der Waals surface area contributed by atoms with E-state index in [4.69, 9.17) is 0 Å². The number of aryl methyl sites for hydroxylation is 2. The van der Waals surface area contributed by atoms with Crippen molar-refractivity contribution in [3.8, 4) is 0 Å². The smallest absolute Gasteiger partial charge is 0.230 e. The standard InChI is InChI=1S/C19H21NOS/c1-14-7-2-5-12-18(14)22-13-19(21)20-17-11-6-9-15-8-3-4-10-16(15)17/h2-5,7-8,10,12,17H,6,9,11,13H2,1H3,(H,20,21)/t17-/m1/s1. The van der Waals surface area contributed by atoms with E-state index in [1.165, 1.54) is 21.6 Å². The highest BCUT2D eigenvalue weighted by Crippen LogP contribution is 2.29. The largest absolute Gasteiger partial charge is 0.349 e. The minimum atomic E-state index is 0.120. The lowest BCUT2D eigenvalue weighted by Crippen LogP contribution is -2.32. The molecule has 2 aromatic carbocycles. The molecule has 114 valence electrons. The molecule has 1 aliphatic rings. The second-order valence-corrected chi connectivity index (χ2v) is 6.78. The Morgan fingerprint density at radius 2 is 1.95 bits per heavy atom. The Bertz CT molecular complexity index is 668. The van der Waals surface area contributed by atoms with Gasteiger partial charge in [-0.1, -0.05) is 42.5 Å². The van der Waals surface area contributed by atoms with Crippen LogP contribution in [0, 0.1) is 6.92 Å².